The number of carbonyl (C=O) groups is 1. The van der Waals surface area contributed by atoms with Gasteiger partial charge in [-0.05, 0) is 12.1 Å². The van der Waals surface area contributed by atoms with Crippen LogP contribution in [-0.4, -0.2) is 41.2 Å². The molecule has 2 heterocycles. The number of aromatic nitrogens is 2. The number of nitrogens with zero attached hydrogens (tertiary/aromatic N) is 2. The first-order valence-corrected chi connectivity index (χ1v) is 11.1. The highest BCUT2D eigenvalue weighted by atomic mass is 32.1. The van der Waals surface area contributed by atoms with Crippen molar-refractivity contribution in [3.63, 3.8) is 0 Å². The number of hydrogen-bond donors (Lipinski definition) is 1. The number of ether oxygens (including phenoxy) is 3. The monoisotopic (exact) mass is 522 g/mol. The Kier molecular flexibility index (Phi) is 6.75. The summed E-state index contributed by atoms with van der Waals surface area (Å²) in [5.41, 5.74) is -2.97. The lowest BCUT2D eigenvalue weighted by molar-refractivity contribution is 0.196. The average Bonchev–Trinajstić information content (AvgIpc) is 3.32. The van der Waals surface area contributed by atoms with Crippen molar-refractivity contribution in [2.75, 3.05) is 20.8 Å². The first kappa shape index (κ1) is 24.9. The standard InChI is InChI=1S/C23H17F3N2O7S/c1-33-17-4-3-13(24)20(26)11(17)5-6-35-19-7-14(25)15(8-18(19)34-2)27-21(29)12-9-36-10-16(12)28(22(27)30)23(31)32/h3-4,7-10H,5-6H2,1-2H3,(H,31,32). The Bertz CT molecular complexity index is 1610. The Morgan fingerprint density at radius 3 is 2.39 bits per heavy atom. The molecule has 188 valence electrons. The van der Waals surface area contributed by atoms with Crippen LogP contribution in [0, 0.1) is 17.5 Å². The van der Waals surface area contributed by atoms with E-state index >= 15 is 4.39 Å². The van der Waals surface area contributed by atoms with Crippen LogP contribution in [0.3, 0.4) is 0 Å². The van der Waals surface area contributed by atoms with E-state index in [-0.39, 0.29) is 46.7 Å². The molecule has 2 aromatic carbocycles. The summed E-state index contributed by atoms with van der Waals surface area (Å²) in [7, 11) is 2.52. The van der Waals surface area contributed by atoms with Gasteiger partial charge < -0.3 is 19.3 Å². The van der Waals surface area contributed by atoms with Gasteiger partial charge in [-0.3, -0.25) is 4.79 Å². The molecule has 0 aliphatic rings. The van der Waals surface area contributed by atoms with E-state index in [0.29, 0.717) is 9.13 Å². The molecule has 0 bridgehead atoms. The van der Waals surface area contributed by atoms with Crippen molar-refractivity contribution < 1.29 is 37.3 Å². The fourth-order valence-corrected chi connectivity index (χ4v) is 4.45. The van der Waals surface area contributed by atoms with Crippen LogP contribution in [0.4, 0.5) is 18.0 Å². The second kappa shape index (κ2) is 9.77. The van der Waals surface area contributed by atoms with Gasteiger partial charge in [0.2, 0.25) is 0 Å². The van der Waals surface area contributed by atoms with Crippen molar-refractivity contribution in [1.29, 1.82) is 0 Å². The van der Waals surface area contributed by atoms with Crippen LogP contribution < -0.4 is 25.5 Å². The molecular formula is C23H17F3N2O7S. The summed E-state index contributed by atoms with van der Waals surface area (Å²) in [5.74, 6) is -3.42. The van der Waals surface area contributed by atoms with E-state index < -0.39 is 40.5 Å². The van der Waals surface area contributed by atoms with Crippen LogP contribution in [0.25, 0.3) is 16.6 Å². The van der Waals surface area contributed by atoms with Gasteiger partial charge in [-0.1, -0.05) is 0 Å². The molecule has 4 aromatic rings. The molecule has 4 rings (SSSR count). The molecule has 9 nitrogen and oxygen atoms in total. The smallest absolute Gasteiger partial charge is 0.420 e. The van der Waals surface area contributed by atoms with Gasteiger partial charge in [-0.15, -0.1) is 11.3 Å². The number of rotatable bonds is 7. The van der Waals surface area contributed by atoms with Gasteiger partial charge in [0.15, 0.2) is 29.0 Å². The Hall–Kier alpha value is -4.26. The number of thiophene rings is 1. The van der Waals surface area contributed by atoms with E-state index in [0.717, 1.165) is 29.5 Å². The molecule has 0 atom stereocenters. The van der Waals surface area contributed by atoms with Crippen molar-refractivity contribution >= 4 is 28.3 Å². The molecule has 0 fully saturated rings. The molecule has 1 N–H and O–H groups in total. The molecule has 0 saturated heterocycles. The zero-order chi connectivity index (χ0) is 26.1. The highest BCUT2D eigenvalue weighted by Gasteiger charge is 2.23. The maximum Gasteiger partial charge on any atom is 0.420 e. The highest BCUT2D eigenvalue weighted by Crippen LogP contribution is 2.32. The lowest BCUT2D eigenvalue weighted by Gasteiger charge is -2.15. The van der Waals surface area contributed by atoms with E-state index in [2.05, 4.69) is 0 Å². The minimum Gasteiger partial charge on any atom is -0.496 e. The van der Waals surface area contributed by atoms with Crippen LogP contribution in [-0.2, 0) is 6.42 Å². The quantitative estimate of drug-likeness (QED) is 0.393. The summed E-state index contributed by atoms with van der Waals surface area (Å²) in [6, 6.07) is 4.02. The van der Waals surface area contributed by atoms with E-state index in [1.54, 1.807) is 0 Å². The summed E-state index contributed by atoms with van der Waals surface area (Å²) in [4.78, 5) is 37.5. The fraction of sp³-hybridized carbons (Fsp3) is 0.174. The summed E-state index contributed by atoms with van der Waals surface area (Å²) in [6.45, 7) is -0.238. The number of hydrogen-bond acceptors (Lipinski definition) is 7. The second-order valence-electron chi connectivity index (χ2n) is 7.31. The van der Waals surface area contributed by atoms with Gasteiger partial charge in [-0.2, -0.15) is 4.57 Å². The third-order valence-corrected chi connectivity index (χ3v) is 6.08. The van der Waals surface area contributed by atoms with Gasteiger partial charge >= 0.3 is 11.8 Å². The number of halogens is 3. The predicted octanol–water partition coefficient (Wildman–Crippen LogP) is 3.80. The number of carboxylic acid groups (broad SMARTS) is 1. The van der Waals surface area contributed by atoms with Gasteiger partial charge in [-0.25, -0.2) is 27.3 Å². The van der Waals surface area contributed by atoms with E-state index in [1.807, 2.05) is 0 Å². The van der Waals surface area contributed by atoms with Gasteiger partial charge in [0.1, 0.15) is 5.75 Å². The largest absolute Gasteiger partial charge is 0.496 e. The zero-order valence-electron chi connectivity index (χ0n) is 18.7. The Balaban J connectivity index is 1.73. The SMILES string of the molecule is COc1cc(-n2c(=O)c3cscc3n(C(=O)O)c2=O)c(F)cc1OCCc1c(OC)ccc(F)c1F. The molecule has 0 spiro atoms. The predicted molar refractivity (Wildman–Crippen MR) is 124 cm³/mol. The molecule has 0 saturated carbocycles. The van der Waals surface area contributed by atoms with Crippen LogP contribution in [0.1, 0.15) is 5.56 Å². The average molecular weight is 522 g/mol. The first-order valence-electron chi connectivity index (χ1n) is 10.2. The minimum atomic E-state index is -1.65. The fourth-order valence-electron chi connectivity index (χ4n) is 3.66. The lowest BCUT2D eigenvalue weighted by atomic mass is 10.1. The van der Waals surface area contributed by atoms with Crippen LogP contribution in [0.5, 0.6) is 17.2 Å². The maximum absolute atomic E-state index is 15.1. The molecule has 0 unspecified atom stereocenters. The zero-order valence-corrected chi connectivity index (χ0v) is 19.5. The van der Waals surface area contributed by atoms with E-state index in [4.69, 9.17) is 14.2 Å². The molecule has 2 aromatic heterocycles. The Labute approximate surface area is 204 Å². The molecule has 0 aliphatic heterocycles. The normalized spacial score (nSPS) is 11.0. The molecule has 0 amide bonds. The van der Waals surface area contributed by atoms with Crippen LogP contribution in [0.2, 0.25) is 0 Å². The topological polar surface area (TPSA) is 109 Å². The first-order chi connectivity index (χ1) is 17.2. The number of benzene rings is 2. The molecular weight excluding hydrogens is 505 g/mol. The summed E-state index contributed by atoms with van der Waals surface area (Å²) >= 11 is 1.00. The minimum absolute atomic E-state index is 0.0848. The van der Waals surface area contributed by atoms with Gasteiger partial charge in [0.05, 0.1) is 37.4 Å². The molecule has 0 aliphatic carbocycles. The second-order valence-corrected chi connectivity index (χ2v) is 8.05. The van der Waals surface area contributed by atoms with Crippen molar-refractivity contribution in [3.8, 4) is 22.9 Å². The third-order valence-electron chi connectivity index (χ3n) is 5.35. The summed E-state index contributed by atoms with van der Waals surface area (Å²) in [5, 5.41) is 12.1. The number of fused-ring (bicyclic) bond motifs is 1. The van der Waals surface area contributed by atoms with Gasteiger partial charge in [0.25, 0.3) is 5.56 Å². The Morgan fingerprint density at radius 1 is 1.00 bits per heavy atom. The van der Waals surface area contributed by atoms with Crippen molar-refractivity contribution in [2.45, 2.75) is 6.42 Å². The summed E-state index contributed by atoms with van der Waals surface area (Å²) in [6.07, 6.45) is -1.79. The van der Waals surface area contributed by atoms with E-state index in [1.165, 1.54) is 31.0 Å². The molecule has 36 heavy (non-hydrogen) atoms. The van der Waals surface area contributed by atoms with Crippen molar-refractivity contribution in [1.82, 2.24) is 9.13 Å². The van der Waals surface area contributed by atoms with Crippen LogP contribution >= 0.6 is 11.3 Å². The summed E-state index contributed by atoms with van der Waals surface area (Å²) < 4.78 is 59.4. The molecule has 0 radical (unpaired) electrons. The molecule has 13 heteroatoms. The van der Waals surface area contributed by atoms with Crippen molar-refractivity contribution in [3.05, 3.63) is 78.9 Å². The maximum atomic E-state index is 15.1. The van der Waals surface area contributed by atoms with Crippen LogP contribution in [0.15, 0.2) is 44.6 Å². The van der Waals surface area contributed by atoms with E-state index in [9.17, 15) is 28.3 Å². The Morgan fingerprint density at radius 2 is 1.72 bits per heavy atom. The highest BCUT2D eigenvalue weighted by molar-refractivity contribution is 7.09. The van der Waals surface area contributed by atoms with Crippen molar-refractivity contribution in [2.24, 2.45) is 0 Å². The lowest BCUT2D eigenvalue weighted by Crippen LogP contribution is -2.41. The number of methoxy groups -OCH3 is 2. The third kappa shape index (κ3) is 4.17. The van der Waals surface area contributed by atoms with Gasteiger partial charge in [0, 0.05) is 34.9 Å².